The number of hydrogen-bond acceptors (Lipinski definition) is 3. The van der Waals surface area contributed by atoms with Crippen LogP contribution in [0.4, 0.5) is 0 Å². The topological polar surface area (TPSA) is 30.5 Å². The van der Waals surface area contributed by atoms with Gasteiger partial charge in [0.05, 0.1) is 6.61 Å². The van der Waals surface area contributed by atoms with E-state index < -0.39 is 0 Å². The summed E-state index contributed by atoms with van der Waals surface area (Å²) in [6.45, 7) is 7.80. The summed E-state index contributed by atoms with van der Waals surface area (Å²) in [5.74, 6) is 0.866. The molecule has 0 spiro atoms. The highest BCUT2D eigenvalue weighted by atomic mass is 35.5. The second-order valence-corrected chi connectivity index (χ2v) is 5.18. The van der Waals surface area contributed by atoms with E-state index in [9.17, 15) is 0 Å². The van der Waals surface area contributed by atoms with E-state index in [0.29, 0.717) is 6.61 Å². The zero-order valence-electron chi connectivity index (χ0n) is 12.2. The van der Waals surface area contributed by atoms with Gasteiger partial charge >= 0.3 is 0 Å². The highest BCUT2D eigenvalue weighted by Crippen LogP contribution is 2.29. The number of benzene rings is 1. The minimum absolute atomic E-state index is 0.0169. The molecule has 0 heterocycles. The van der Waals surface area contributed by atoms with Gasteiger partial charge in [-0.15, -0.1) is 0 Å². The average molecular weight is 286 g/mol. The molecule has 1 aromatic carbocycles. The summed E-state index contributed by atoms with van der Waals surface area (Å²) in [6, 6.07) is 5.95. The summed E-state index contributed by atoms with van der Waals surface area (Å²) in [6.07, 6.45) is 1.12. The van der Waals surface area contributed by atoms with Crippen LogP contribution in [-0.2, 0) is 4.74 Å². The molecule has 0 aromatic heterocycles. The normalized spacial score (nSPS) is 14.2. The molecule has 2 atom stereocenters. The number of rotatable bonds is 8. The molecule has 108 valence electrons. The first-order valence-electron chi connectivity index (χ1n) is 6.76. The monoisotopic (exact) mass is 285 g/mol. The van der Waals surface area contributed by atoms with E-state index in [2.05, 4.69) is 19.2 Å². The van der Waals surface area contributed by atoms with Gasteiger partial charge in [0.1, 0.15) is 11.9 Å². The van der Waals surface area contributed by atoms with Crippen molar-refractivity contribution >= 4 is 11.6 Å². The summed E-state index contributed by atoms with van der Waals surface area (Å²) >= 11 is 6.08. The zero-order chi connectivity index (χ0) is 14.3. The minimum Gasteiger partial charge on any atom is -0.488 e. The Morgan fingerprint density at radius 2 is 2.05 bits per heavy atom. The zero-order valence-corrected chi connectivity index (χ0v) is 13.0. The third-order valence-corrected chi connectivity index (χ3v) is 3.10. The second kappa shape index (κ2) is 8.41. The van der Waals surface area contributed by atoms with Gasteiger partial charge in [0, 0.05) is 23.7 Å². The molecule has 0 aliphatic heterocycles. The van der Waals surface area contributed by atoms with Gasteiger partial charge in [-0.2, -0.15) is 0 Å². The van der Waals surface area contributed by atoms with E-state index in [4.69, 9.17) is 21.1 Å². The SMILES string of the molecule is CCCNC(C)c1cc(Cl)ccc1OC(C)COC. The molecule has 1 aromatic rings. The van der Waals surface area contributed by atoms with Crippen LogP contribution in [0, 0.1) is 0 Å². The van der Waals surface area contributed by atoms with E-state index in [1.807, 2.05) is 25.1 Å². The van der Waals surface area contributed by atoms with Crippen LogP contribution >= 0.6 is 11.6 Å². The molecule has 1 N–H and O–H groups in total. The number of hydrogen-bond donors (Lipinski definition) is 1. The number of ether oxygens (including phenoxy) is 2. The van der Waals surface area contributed by atoms with Gasteiger partial charge in [0.15, 0.2) is 0 Å². The molecule has 2 unspecified atom stereocenters. The van der Waals surface area contributed by atoms with Crippen molar-refractivity contribution in [1.29, 1.82) is 0 Å². The fraction of sp³-hybridized carbons (Fsp3) is 0.600. The van der Waals surface area contributed by atoms with Gasteiger partial charge < -0.3 is 14.8 Å². The van der Waals surface area contributed by atoms with E-state index in [1.54, 1.807) is 7.11 Å². The molecule has 0 aliphatic carbocycles. The Morgan fingerprint density at radius 1 is 1.32 bits per heavy atom. The maximum atomic E-state index is 6.08. The van der Waals surface area contributed by atoms with Crippen LogP contribution in [0.2, 0.25) is 5.02 Å². The van der Waals surface area contributed by atoms with Crippen LogP contribution in [0.25, 0.3) is 0 Å². The van der Waals surface area contributed by atoms with Crippen LogP contribution in [0.15, 0.2) is 18.2 Å². The summed E-state index contributed by atoms with van der Waals surface area (Å²) in [4.78, 5) is 0. The summed E-state index contributed by atoms with van der Waals surface area (Å²) < 4.78 is 11.0. The van der Waals surface area contributed by atoms with Gasteiger partial charge in [-0.1, -0.05) is 18.5 Å². The average Bonchev–Trinajstić information content (AvgIpc) is 2.38. The molecule has 0 fully saturated rings. The summed E-state index contributed by atoms with van der Waals surface area (Å²) in [5, 5.41) is 4.18. The second-order valence-electron chi connectivity index (χ2n) is 4.74. The molecule has 0 saturated carbocycles. The van der Waals surface area contributed by atoms with E-state index in [0.717, 1.165) is 29.3 Å². The highest BCUT2D eigenvalue weighted by molar-refractivity contribution is 6.30. The van der Waals surface area contributed by atoms with Crippen molar-refractivity contribution in [2.75, 3.05) is 20.3 Å². The molecule has 0 saturated heterocycles. The van der Waals surface area contributed by atoms with E-state index in [-0.39, 0.29) is 12.1 Å². The number of nitrogens with one attached hydrogen (secondary N) is 1. The Morgan fingerprint density at radius 3 is 2.68 bits per heavy atom. The van der Waals surface area contributed by atoms with Crippen molar-refractivity contribution in [1.82, 2.24) is 5.32 Å². The Labute approximate surface area is 121 Å². The first-order chi connectivity index (χ1) is 9.08. The van der Waals surface area contributed by atoms with Crippen LogP contribution in [-0.4, -0.2) is 26.4 Å². The molecule has 0 bridgehead atoms. The molecular weight excluding hydrogens is 262 g/mol. The molecule has 0 amide bonds. The largest absolute Gasteiger partial charge is 0.488 e. The van der Waals surface area contributed by atoms with Gasteiger partial charge in [-0.3, -0.25) is 0 Å². The van der Waals surface area contributed by atoms with Crippen molar-refractivity contribution in [2.45, 2.75) is 39.3 Å². The highest BCUT2D eigenvalue weighted by Gasteiger charge is 2.14. The third kappa shape index (κ3) is 5.39. The lowest BCUT2D eigenvalue weighted by molar-refractivity contribution is 0.0910. The lowest BCUT2D eigenvalue weighted by Gasteiger charge is -2.21. The Hall–Kier alpha value is -0.770. The molecule has 19 heavy (non-hydrogen) atoms. The molecule has 1 rings (SSSR count). The van der Waals surface area contributed by atoms with Crippen LogP contribution < -0.4 is 10.1 Å². The predicted molar refractivity (Wildman–Crippen MR) is 80.1 cm³/mol. The maximum absolute atomic E-state index is 6.08. The number of halogens is 1. The molecule has 3 nitrogen and oxygen atoms in total. The summed E-state index contributed by atoms with van der Waals surface area (Å²) in [7, 11) is 1.67. The van der Waals surface area contributed by atoms with Crippen molar-refractivity contribution in [2.24, 2.45) is 0 Å². The Kier molecular flexibility index (Phi) is 7.21. The fourth-order valence-electron chi connectivity index (χ4n) is 1.92. The van der Waals surface area contributed by atoms with Gasteiger partial charge in [0.25, 0.3) is 0 Å². The van der Waals surface area contributed by atoms with Crippen molar-refractivity contribution in [3.05, 3.63) is 28.8 Å². The van der Waals surface area contributed by atoms with Crippen LogP contribution in [0.3, 0.4) is 0 Å². The molecule has 0 aliphatic rings. The third-order valence-electron chi connectivity index (χ3n) is 2.87. The predicted octanol–water partition coefficient (Wildman–Crippen LogP) is 3.81. The van der Waals surface area contributed by atoms with Crippen molar-refractivity contribution in [3.63, 3.8) is 0 Å². The first kappa shape index (κ1) is 16.3. The van der Waals surface area contributed by atoms with E-state index in [1.165, 1.54) is 0 Å². The quantitative estimate of drug-likeness (QED) is 0.788. The maximum Gasteiger partial charge on any atom is 0.124 e. The Bertz CT molecular complexity index is 384. The Balaban J connectivity index is 2.84. The van der Waals surface area contributed by atoms with E-state index >= 15 is 0 Å². The first-order valence-corrected chi connectivity index (χ1v) is 7.14. The smallest absolute Gasteiger partial charge is 0.124 e. The van der Waals surface area contributed by atoms with Crippen molar-refractivity contribution < 1.29 is 9.47 Å². The summed E-state index contributed by atoms with van der Waals surface area (Å²) in [5.41, 5.74) is 1.09. The minimum atomic E-state index is 0.0169. The van der Waals surface area contributed by atoms with Gasteiger partial charge in [-0.25, -0.2) is 0 Å². The van der Waals surface area contributed by atoms with Gasteiger partial charge in [-0.05, 0) is 45.0 Å². The molecule has 0 radical (unpaired) electrons. The van der Waals surface area contributed by atoms with Crippen LogP contribution in [0.1, 0.15) is 38.8 Å². The van der Waals surface area contributed by atoms with Crippen LogP contribution in [0.5, 0.6) is 5.75 Å². The molecule has 4 heteroatoms. The lowest BCUT2D eigenvalue weighted by atomic mass is 10.1. The van der Waals surface area contributed by atoms with Crippen molar-refractivity contribution in [3.8, 4) is 5.75 Å². The fourth-order valence-corrected chi connectivity index (χ4v) is 2.10. The standard InChI is InChI=1S/C15H24ClNO2/c1-5-8-17-12(3)14-9-13(16)6-7-15(14)19-11(2)10-18-4/h6-7,9,11-12,17H,5,8,10H2,1-4H3. The number of methoxy groups -OCH3 is 1. The van der Waals surface area contributed by atoms with Gasteiger partial charge in [0.2, 0.25) is 0 Å². The lowest BCUT2D eigenvalue weighted by Crippen LogP contribution is -2.22. The molecular formula is C15H24ClNO2.